The van der Waals surface area contributed by atoms with Crippen LogP contribution in [0.3, 0.4) is 0 Å². The molecule has 31 heavy (non-hydrogen) atoms. The van der Waals surface area contributed by atoms with E-state index in [0.717, 1.165) is 45.4 Å². The van der Waals surface area contributed by atoms with Crippen LogP contribution in [0.15, 0.2) is 30.3 Å². The molecular weight excluding hydrogens is 388 g/mol. The first kappa shape index (κ1) is 23.7. The Morgan fingerprint density at radius 3 is 2.45 bits per heavy atom. The first-order valence-corrected chi connectivity index (χ1v) is 11.7. The maximum absolute atomic E-state index is 13.7. The highest BCUT2D eigenvalue weighted by atomic mass is 16.2. The summed E-state index contributed by atoms with van der Waals surface area (Å²) in [7, 11) is 1.76. The van der Waals surface area contributed by atoms with Gasteiger partial charge in [-0.1, -0.05) is 51.1 Å². The molecule has 0 saturated carbocycles. The monoisotopic (exact) mass is 428 g/mol. The largest absolute Gasteiger partial charge is 0.342 e. The van der Waals surface area contributed by atoms with Gasteiger partial charge in [0.25, 0.3) is 0 Å². The number of hydrogen-bond acceptors (Lipinski definition) is 4. The minimum atomic E-state index is -0.519. The number of likely N-dealkylation sites (tertiary alicyclic amines) is 2. The summed E-state index contributed by atoms with van der Waals surface area (Å²) in [6.45, 7) is 11.8. The lowest BCUT2D eigenvalue weighted by Crippen LogP contribution is -2.60. The van der Waals surface area contributed by atoms with E-state index in [9.17, 15) is 9.59 Å². The topological polar surface area (TPSA) is 64.7 Å². The second-order valence-corrected chi connectivity index (χ2v) is 10.3. The summed E-state index contributed by atoms with van der Waals surface area (Å²) < 4.78 is 0. The molecule has 0 spiro atoms. The van der Waals surface area contributed by atoms with Crippen molar-refractivity contribution in [2.75, 3.05) is 33.2 Å². The quantitative estimate of drug-likeness (QED) is 0.699. The highest BCUT2D eigenvalue weighted by Crippen LogP contribution is 2.34. The molecule has 172 valence electrons. The summed E-state index contributed by atoms with van der Waals surface area (Å²) in [4.78, 5) is 30.8. The molecule has 2 amide bonds. The fourth-order valence-electron chi connectivity index (χ4n) is 4.83. The predicted molar refractivity (Wildman–Crippen MR) is 125 cm³/mol. The molecule has 6 heteroatoms. The molecule has 1 unspecified atom stereocenters. The Bertz CT molecular complexity index is 746. The van der Waals surface area contributed by atoms with Crippen LogP contribution < -0.4 is 10.6 Å². The maximum atomic E-state index is 13.7. The number of rotatable bonds is 7. The van der Waals surface area contributed by atoms with Crippen LogP contribution in [-0.4, -0.2) is 73.0 Å². The van der Waals surface area contributed by atoms with Gasteiger partial charge in [-0.25, -0.2) is 0 Å². The van der Waals surface area contributed by atoms with Gasteiger partial charge in [0.2, 0.25) is 11.8 Å². The Balaban J connectivity index is 1.66. The smallest absolute Gasteiger partial charge is 0.245 e. The fourth-order valence-corrected chi connectivity index (χ4v) is 4.83. The minimum Gasteiger partial charge on any atom is -0.342 e. The molecule has 2 N–H and O–H groups in total. The van der Waals surface area contributed by atoms with Crippen LogP contribution >= 0.6 is 0 Å². The molecule has 2 aliphatic heterocycles. The second kappa shape index (κ2) is 10.1. The molecular formula is C25H40N4O2. The number of hydrogen-bond donors (Lipinski definition) is 2. The molecule has 4 atom stereocenters. The summed E-state index contributed by atoms with van der Waals surface area (Å²) in [6, 6.07) is 10.0. The zero-order valence-corrected chi connectivity index (χ0v) is 19.9. The molecule has 0 radical (unpaired) electrons. The van der Waals surface area contributed by atoms with Crippen molar-refractivity contribution in [3.63, 3.8) is 0 Å². The van der Waals surface area contributed by atoms with Crippen LogP contribution in [-0.2, 0) is 16.0 Å². The van der Waals surface area contributed by atoms with Gasteiger partial charge in [0, 0.05) is 25.7 Å². The van der Waals surface area contributed by atoms with Crippen LogP contribution in [0.25, 0.3) is 0 Å². The van der Waals surface area contributed by atoms with Crippen molar-refractivity contribution in [3.05, 3.63) is 35.9 Å². The number of piperidine rings is 1. The van der Waals surface area contributed by atoms with Crippen LogP contribution in [0.4, 0.5) is 0 Å². The van der Waals surface area contributed by atoms with Gasteiger partial charge in [0.15, 0.2) is 0 Å². The lowest BCUT2D eigenvalue weighted by atomic mass is 9.85. The number of likely N-dealkylation sites (N-methyl/N-ethyl adjacent to an activating group) is 1. The zero-order valence-electron chi connectivity index (χ0n) is 19.9. The summed E-state index contributed by atoms with van der Waals surface area (Å²) in [5, 5.41) is 6.00. The third-order valence-electron chi connectivity index (χ3n) is 7.02. The standard InChI is InChI=1S/C25H40N4O2/c1-18(26-5)23(30)27-22(25(2,3)4)24(31)29-16-13-20-12-15-28(17-21(20)29)14-11-19-9-7-6-8-10-19/h6-10,18,20-22,26H,11-17H2,1-5H3,(H,27,30)/t18-,20?,21+,22+/m0/s1. The Morgan fingerprint density at radius 2 is 1.81 bits per heavy atom. The van der Waals surface area contributed by atoms with Gasteiger partial charge in [-0.2, -0.15) is 0 Å². The minimum absolute atomic E-state index is 0.0709. The van der Waals surface area contributed by atoms with Gasteiger partial charge in [0.05, 0.1) is 6.04 Å². The van der Waals surface area contributed by atoms with Gasteiger partial charge in [-0.05, 0) is 56.7 Å². The first-order chi connectivity index (χ1) is 14.7. The van der Waals surface area contributed by atoms with E-state index in [1.165, 1.54) is 5.56 Å². The first-order valence-electron chi connectivity index (χ1n) is 11.7. The molecule has 1 aromatic carbocycles. The van der Waals surface area contributed by atoms with E-state index in [2.05, 4.69) is 50.8 Å². The average molecular weight is 429 g/mol. The van der Waals surface area contributed by atoms with E-state index in [1.54, 1.807) is 7.05 Å². The fraction of sp³-hybridized carbons (Fsp3) is 0.680. The second-order valence-electron chi connectivity index (χ2n) is 10.3. The van der Waals surface area contributed by atoms with Crippen molar-refractivity contribution in [1.82, 2.24) is 20.4 Å². The van der Waals surface area contributed by atoms with E-state index in [1.807, 2.05) is 27.7 Å². The number of nitrogens with one attached hydrogen (secondary N) is 2. The summed E-state index contributed by atoms with van der Waals surface area (Å²) >= 11 is 0. The van der Waals surface area contributed by atoms with Crippen molar-refractivity contribution in [2.45, 2.75) is 65.1 Å². The Labute approximate surface area is 187 Å². The van der Waals surface area contributed by atoms with Crippen LogP contribution in [0, 0.1) is 11.3 Å². The molecule has 0 bridgehead atoms. The Kier molecular flexibility index (Phi) is 7.76. The number of fused-ring (bicyclic) bond motifs is 1. The van der Waals surface area contributed by atoms with E-state index in [4.69, 9.17) is 0 Å². The van der Waals surface area contributed by atoms with Gasteiger partial charge in [-0.15, -0.1) is 0 Å². The molecule has 1 aromatic rings. The number of nitrogens with zero attached hydrogens (tertiary/aromatic N) is 2. The molecule has 3 rings (SSSR count). The van der Waals surface area contributed by atoms with Crippen molar-refractivity contribution in [3.8, 4) is 0 Å². The SMILES string of the molecule is CN[C@@H](C)C(=O)N[C@H](C(=O)N1CCC2CCN(CCc3ccccc3)C[C@H]21)C(C)(C)C. The van der Waals surface area contributed by atoms with Crippen LogP contribution in [0.2, 0.25) is 0 Å². The normalized spacial score (nSPS) is 23.8. The van der Waals surface area contributed by atoms with Crippen molar-refractivity contribution in [2.24, 2.45) is 11.3 Å². The summed E-state index contributed by atoms with van der Waals surface area (Å²) in [5.74, 6) is 0.519. The molecule has 2 aliphatic rings. The maximum Gasteiger partial charge on any atom is 0.245 e. The molecule has 2 saturated heterocycles. The average Bonchev–Trinajstić information content (AvgIpc) is 3.18. The van der Waals surface area contributed by atoms with Crippen LogP contribution in [0.5, 0.6) is 0 Å². The van der Waals surface area contributed by atoms with Gasteiger partial charge in [0.1, 0.15) is 6.04 Å². The van der Waals surface area contributed by atoms with Crippen molar-refractivity contribution in [1.29, 1.82) is 0 Å². The van der Waals surface area contributed by atoms with Gasteiger partial charge in [-0.3, -0.25) is 9.59 Å². The Hall–Kier alpha value is -1.92. The molecule has 2 fully saturated rings. The van der Waals surface area contributed by atoms with E-state index in [0.29, 0.717) is 5.92 Å². The molecule has 6 nitrogen and oxygen atoms in total. The van der Waals surface area contributed by atoms with Crippen molar-refractivity contribution < 1.29 is 9.59 Å². The molecule has 0 aliphatic carbocycles. The van der Waals surface area contributed by atoms with Crippen LogP contribution in [0.1, 0.15) is 46.1 Å². The van der Waals surface area contributed by atoms with Gasteiger partial charge >= 0.3 is 0 Å². The number of carbonyl (C=O) groups excluding carboxylic acids is 2. The van der Waals surface area contributed by atoms with E-state index in [-0.39, 0.29) is 29.3 Å². The third-order valence-corrected chi connectivity index (χ3v) is 7.02. The lowest BCUT2D eigenvalue weighted by molar-refractivity contribution is -0.141. The van der Waals surface area contributed by atoms with E-state index >= 15 is 0 Å². The van der Waals surface area contributed by atoms with Crippen molar-refractivity contribution >= 4 is 11.8 Å². The lowest BCUT2D eigenvalue weighted by Gasteiger charge is -2.41. The zero-order chi connectivity index (χ0) is 22.6. The van der Waals surface area contributed by atoms with E-state index < -0.39 is 6.04 Å². The van der Waals surface area contributed by atoms with Gasteiger partial charge < -0.3 is 20.4 Å². The number of carbonyl (C=O) groups is 2. The third kappa shape index (κ3) is 5.86. The summed E-state index contributed by atoms with van der Waals surface area (Å²) in [6.07, 6.45) is 3.25. The number of benzene rings is 1. The Morgan fingerprint density at radius 1 is 1.13 bits per heavy atom. The summed E-state index contributed by atoms with van der Waals surface area (Å²) in [5.41, 5.74) is 1.01. The highest BCUT2D eigenvalue weighted by Gasteiger charge is 2.45. The molecule has 0 aromatic heterocycles. The molecule has 2 heterocycles. The number of amides is 2. The highest BCUT2D eigenvalue weighted by molar-refractivity contribution is 5.90. The predicted octanol–water partition coefficient (Wildman–Crippen LogP) is 2.29.